The molecule has 19 heavy (non-hydrogen) atoms. The molecule has 0 heterocycles. The number of nitrogens with one attached hydrogen (secondary N) is 1. The van der Waals surface area contributed by atoms with Crippen molar-refractivity contribution in [2.45, 2.75) is 37.8 Å². The Morgan fingerprint density at radius 1 is 1.32 bits per heavy atom. The summed E-state index contributed by atoms with van der Waals surface area (Å²) in [5, 5.41) is 12.7. The summed E-state index contributed by atoms with van der Waals surface area (Å²) in [7, 11) is 1.90. The lowest BCUT2D eigenvalue weighted by atomic mass is 9.99. The molecule has 106 valence electrons. The van der Waals surface area contributed by atoms with Crippen LogP contribution in [0.15, 0.2) is 24.3 Å². The van der Waals surface area contributed by atoms with Crippen molar-refractivity contribution in [1.82, 2.24) is 5.32 Å². The van der Waals surface area contributed by atoms with Crippen molar-refractivity contribution >= 4 is 0 Å². The van der Waals surface area contributed by atoms with Crippen molar-refractivity contribution in [3.8, 4) is 11.5 Å². The van der Waals surface area contributed by atoms with Gasteiger partial charge in [0.25, 0.3) is 0 Å². The molecule has 0 amide bonds. The second-order valence-electron chi connectivity index (χ2n) is 5.08. The lowest BCUT2D eigenvalue weighted by Gasteiger charge is -2.26. The highest BCUT2D eigenvalue weighted by molar-refractivity contribution is 5.31. The SMILES string of the molecule is CCOc1ccc(OC2CCC(CO)(NC)C2)cc1. The monoisotopic (exact) mass is 265 g/mol. The van der Waals surface area contributed by atoms with Crippen molar-refractivity contribution in [2.24, 2.45) is 0 Å². The first-order valence-electron chi connectivity index (χ1n) is 6.90. The molecule has 4 nitrogen and oxygen atoms in total. The number of likely N-dealkylation sites (N-methyl/N-ethyl adjacent to an activating group) is 1. The fraction of sp³-hybridized carbons (Fsp3) is 0.600. The third-order valence-corrected chi connectivity index (χ3v) is 3.83. The van der Waals surface area contributed by atoms with Crippen molar-refractivity contribution < 1.29 is 14.6 Å². The Labute approximate surface area is 114 Å². The number of benzene rings is 1. The number of aliphatic hydroxyl groups is 1. The topological polar surface area (TPSA) is 50.7 Å². The fourth-order valence-corrected chi connectivity index (χ4v) is 2.60. The van der Waals surface area contributed by atoms with Gasteiger partial charge < -0.3 is 19.9 Å². The van der Waals surface area contributed by atoms with Gasteiger partial charge in [-0.05, 0) is 51.1 Å². The predicted octanol–water partition coefficient (Wildman–Crippen LogP) is 1.97. The van der Waals surface area contributed by atoms with Crippen LogP contribution in [0.3, 0.4) is 0 Å². The van der Waals surface area contributed by atoms with E-state index in [-0.39, 0.29) is 18.2 Å². The molecule has 1 aromatic carbocycles. The van der Waals surface area contributed by atoms with Gasteiger partial charge in [-0.2, -0.15) is 0 Å². The molecule has 1 saturated carbocycles. The van der Waals surface area contributed by atoms with Gasteiger partial charge in [0, 0.05) is 12.0 Å². The normalized spacial score (nSPS) is 26.4. The molecule has 1 fully saturated rings. The van der Waals surface area contributed by atoms with Crippen LogP contribution in [0.5, 0.6) is 11.5 Å². The van der Waals surface area contributed by atoms with Crippen LogP contribution in [-0.2, 0) is 0 Å². The fourth-order valence-electron chi connectivity index (χ4n) is 2.60. The second kappa shape index (κ2) is 6.26. The summed E-state index contributed by atoms with van der Waals surface area (Å²) < 4.78 is 11.4. The van der Waals surface area contributed by atoms with Gasteiger partial charge in [0.2, 0.25) is 0 Å². The van der Waals surface area contributed by atoms with E-state index in [4.69, 9.17) is 9.47 Å². The van der Waals surface area contributed by atoms with Crippen molar-refractivity contribution in [1.29, 1.82) is 0 Å². The van der Waals surface area contributed by atoms with Gasteiger partial charge in [-0.1, -0.05) is 0 Å². The largest absolute Gasteiger partial charge is 0.494 e. The maximum absolute atomic E-state index is 9.46. The number of rotatable bonds is 6. The first-order valence-corrected chi connectivity index (χ1v) is 6.90. The van der Waals surface area contributed by atoms with E-state index in [1.54, 1.807) is 0 Å². The van der Waals surface area contributed by atoms with Crippen LogP contribution in [0.2, 0.25) is 0 Å². The van der Waals surface area contributed by atoms with Crippen LogP contribution in [0, 0.1) is 0 Å². The molecule has 0 bridgehead atoms. The number of hydrogen-bond donors (Lipinski definition) is 2. The van der Waals surface area contributed by atoms with E-state index < -0.39 is 0 Å². The summed E-state index contributed by atoms with van der Waals surface area (Å²) in [4.78, 5) is 0. The zero-order chi connectivity index (χ0) is 13.7. The molecule has 1 aliphatic carbocycles. The van der Waals surface area contributed by atoms with E-state index in [1.165, 1.54) is 0 Å². The molecule has 0 aliphatic heterocycles. The summed E-state index contributed by atoms with van der Waals surface area (Å²) in [6.45, 7) is 2.80. The minimum atomic E-state index is -0.171. The smallest absolute Gasteiger partial charge is 0.119 e. The Bertz CT molecular complexity index is 387. The highest BCUT2D eigenvalue weighted by Gasteiger charge is 2.38. The summed E-state index contributed by atoms with van der Waals surface area (Å²) >= 11 is 0. The lowest BCUT2D eigenvalue weighted by molar-refractivity contribution is 0.146. The van der Waals surface area contributed by atoms with Gasteiger partial charge in [-0.3, -0.25) is 0 Å². The molecule has 1 aromatic rings. The molecule has 0 spiro atoms. The van der Waals surface area contributed by atoms with E-state index in [0.717, 1.165) is 30.8 Å². The maximum atomic E-state index is 9.46. The zero-order valence-corrected chi connectivity index (χ0v) is 11.7. The summed E-state index contributed by atoms with van der Waals surface area (Å²) in [5.41, 5.74) is -0.171. The highest BCUT2D eigenvalue weighted by Crippen LogP contribution is 2.32. The molecule has 4 heteroatoms. The summed E-state index contributed by atoms with van der Waals surface area (Å²) in [6, 6.07) is 7.71. The van der Waals surface area contributed by atoms with E-state index in [1.807, 2.05) is 38.2 Å². The van der Waals surface area contributed by atoms with Gasteiger partial charge in [-0.15, -0.1) is 0 Å². The average molecular weight is 265 g/mol. The van der Waals surface area contributed by atoms with Gasteiger partial charge in [0.1, 0.15) is 17.6 Å². The van der Waals surface area contributed by atoms with Crippen LogP contribution in [0.1, 0.15) is 26.2 Å². The summed E-state index contributed by atoms with van der Waals surface area (Å²) in [6.07, 6.45) is 2.92. The predicted molar refractivity (Wildman–Crippen MR) is 74.8 cm³/mol. The van der Waals surface area contributed by atoms with Gasteiger partial charge in [0.15, 0.2) is 0 Å². The molecule has 2 unspecified atom stereocenters. The van der Waals surface area contributed by atoms with Crippen LogP contribution >= 0.6 is 0 Å². The van der Waals surface area contributed by atoms with Gasteiger partial charge in [0.05, 0.1) is 13.2 Å². The molecule has 0 aromatic heterocycles. The van der Waals surface area contributed by atoms with E-state index >= 15 is 0 Å². The lowest BCUT2D eigenvalue weighted by Crippen LogP contribution is -2.44. The third-order valence-electron chi connectivity index (χ3n) is 3.83. The van der Waals surface area contributed by atoms with Crippen LogP contribution < -0.4 is 14.8 Å². The van der Waals surface area contributed by atoms with Crippen molar-refractivity contribution in [2.75, 3.05) is 20.3 Å². The first kappa shape index (κ1) is 14.2. The Hall–Kier alpha value is -1.26. The van der Waals surface area contributed by atoms with Crippen LogP contribution in [-0.4, -0.2) is 37.0 Å². The average Bonchev–Trinajstić information content (AvgIpc) is 2.85. The van der Waals surface area contributed by atoms with Crippen LogP contribution in [0.25, 0.3) is 0 Å². The van der Waals surface area contributed by atoms with Gasteiger partial charge in [-0.25, -0.2) is 0 Å². The number of aliphatic hydroxyl groups excluding tert-OH is 1. The molecule has 2 rings (SSSR count). The van der Waals surface area contributed by atoms with Crippen molar-refractivity contribution in [3.63, 3.8) is 0 Å². The molecule has 2 atom stereocenters. The molecule has 0 saturated heterocycles. The number of ether oxygens (including phenoxy) is 2. The Balaban J connectivity index is 1.91. The summed E-state index contributed by atoms with van der Waals surface area (Å²) in [5.74, 6) is 1.72. The molecule has 0 radical (unpaired) electrons. The molecular formula is C15H23NO3. The molecular weight excluding hydrogens is 242 g/mol. The first-order chi connectivity index (χ1) is 9.21. The van der Waals surface area contributed by atoms with E-state index in [0.29, 0.717) is 6.61 Å². The molecule has 1 aliphatic rings. The maximum Gasteiger partial charge on any atom is 0.119 e. The number of hydrogen-bond acceptors (Lipinski definition) is 4. The van der Waals surface area contributed by atoms with Gasteiger partial charge >= 0.3 is 0 Å². The molecule has 2 N–H and O–H groups in total. The zero-order valence-electron chi connectivity index (χ0n) is 11.7. The van der Waals surface area contributed by atoms with E-state index in [2.05, 4.69) is 5.32 Å². The van der Waals surface area contributed by atoms with E-state index in [9.17, 15) is 5.11 Å². The Morgan fingerprint density at radius 2 is 2.00 bits per heavy atom. The quantitative estimate of drug-likeness (QED) is 0.825. The minimum Gasteiger partial charge on any atom is -0.494 e. The standard InChI is InChI=1S/C15H23NO3/c1-3-18-12-4-6-13(7-5-12)19-14-8-9-15(10-14,11-17)16-2/h4-7,14,16-17H,3,8-11H2,1-2H3. The second-order valence-corrected chi connectivity index (χ2v) is 5.08. The van der Waals surface area contributed by atoms with Crippen LogP contribution in [0.4, 0.5) is 0 Å². The van der Waals surface area contributed by atoms with Crippen molar-refractivity contribution in [3.05, 3.63) is 24.3 Å². The Morgan fingerprint density at radius 3 is 2.53 bits per heavy atom. The Kier molecular flexibility index (Phi) is 4.66. The third kappa shape index (κ3) is 3.39. The highest BCUT2D eigenvalue weighted by atomic mass is 16.5. The minimum absolute atomic E-state index is 0.159.